The van der Waals surface area contributed by atoms with Crippen LogP contribution in [0.25, 0.3) is 10.8 Å². The number of nitrogens with zero attached hydrogens (tertiary/aromatic N) is 1. The van der Waals surface area contributed by atoms with Crippen LogP contribution in [0.4, 0.5) is 0 Å². The zero-order chi connectivity index (χ0) is 10.1. The summed E-state index contributed by atoms with van der Waals surface area (Å²) in [6.45, 7) is 2.08. The third-order valence-corrected chi connectivity index (χ3v) is 2.90. The second kappa shape index (κ2) is 3.76. The van der Waals surface area contributed by atoms with Crippen LogP contribution in [0.15, 0.2) is 24.4 Å². The second-order valence-electron chi connectivity index (χ2n) is 3.14. The van der Waals surface area contributed by atoms with Crippen molar-refractivity contribution in [2.45, 2.75) is 13.3 Å². The van der Waals surface area contributed by atoms with E-state index in [-0.39, 0.29) is 0 Å². The number of fused-ring (bicyclic) bond motifs is 1. The fourth-order valence-electron chi connectivity index (χ4n) is 1.38. The Hall–Kier alpha value is -0.790. The lowest BCUT2D eigenvalue weighted by molar-refractivity contribution is 1.05. The van der Waals surface area contributed by atoms with E-state index in [1.54, 1.807) is 0 Å². The van der Waals surface area contributed by atoms with Gasteiger partial charge in [-0.25, -0.2) is 0 Å². The van der Waals surface area contributed by atoms with E-state index in [0.717, 1.165) is 22.9 Å². The van der Waals surface area contributed by atoms with E-state index in [4.69, 9.17) is 23.2 Å². The van der Waals surface area contributed by atoms with E-state index in [1.807, 2.05) is 24.4 Å². The number of halogens is 2. The monoisotopic (exact) mass is 225 g/mol. The molecule has 14 heavy (non-hydrogen) atoms. The van der Waals surface area contributed by atoms with Gasteiger partial charge in [0.25, 0.3) is 0 Å². The van der Waals surface area contributed by atoms with Crippen molar-refractivity contribution < 1.29 is 0 Å². The van der Waals surface area contributed by atoms with E-state index >= 15 is 0 Å². The molecule has 1 nitrogen and oxygen atoms in total. The molecular weight excluding hydrogens is 217 g/mol. The molecule has 0 aliphatic rings. The van der Waals surface area contributed by atoms with Crippen molar-refractivity contribution in [3.05, 3.63) is 40.1 Å². The highest BCUT2D eigenvalue weighted by Crippen LogP contribution is 2.27. The molecule has 0 saturated heterocycles. The molecule has 0 atom stereocenters. The molecule has 1 aromatic carbocycles. The van der Waals surface area contributed by atoms with E-state index in [0.29, 0.717) is 10.0 Å². The van der Waals surface area contributed by atoms with E-state index < -0.39 is 0 Å². The first-order valence-corrected chi connectivity index (χ1v) is 5.20. The summed E-state index contributed by atoms with van der Waals surface area (Å²) in [5.41, 5.74) is 1.07. The van der Waals surface area contributed by atoms with Crippen molar-refractivity contribution in [3.8, 4) is 0 Å². The maximum atomic E-state index is 5.93. The predicted octanol–water partition coefficient (Wildman–Crippen LogP) is 4.10. The number of benzene rings is 1. The van der Waals surface area contributed by atoms with Gasteiger partial charge in [-0.3, -0.25) is 4.98 Å². The van der Waals surface area contributed by atoms with Crippen molar-refractivity contribution in [2.24, 2.45) is 0 Å². The van der Waals surface area contributed by atoms with Crippen molar-refractivity contribution in [3.63, 3.8) is 0 Å². The van der Waals surface area contributed by atoms with Gasteiger partial charge in [-0.1, -0.05) is 30.1 Å². The zero-order valence-corrected chi connectivity index (χ0v) is 9.23. The van der Waals surface area contributed by atoms with Gasteiger partial charge in [-0.2, -0.15) is 0 Å². The Morgan fingerprint density at radius 3 is 2.36 bits per heavy atom. The molecular formula is C11H9Cl2N. The van der Waals surface area contributed by atoms with Gasteiger partial charge in [0.15, 0.2) is 0 Å². The summed E-state index contributed by atoms with van der Waals surface area (Å²) in [7, 11) is 0. The molecule has 1 heterocycles. The highest BCUT2D eigenvalue weighted by Gasteiger charge is 2.01. The van der Waals surface area contributed by atoms with E-state index in [2.05, 4.69) is 11.9 Å². The highest BCUT2D eigenvalue weighted by atomic mass is 35.5. The molecule has 0 saturated carbocycles. The quantitative estimate of drug-likeness (QED) is 0.713. The summed E-state index contributed by atoms with van der Waals surface area (Å²) >= 11 is 11.8. The lowest BCUT2D eigenvalue weighted by Crippen LogP contribution is -1.86. The summed E-state index contributed by atoms with van der Waals surface area (Å²) in [6, 6.07) is 5.75. The van der Waals surface area contributed by atoms with Gasteiger partial charge in [0, 0.05) is 17.3 Å². The number of aromatic nitrogens is 1. The van der Waals surface area contributed by atoms with Crippen LogP contribution < -0.4 is 0 Å². The van der Waals surface area contributed by atoms with Crippen molar-refractivity contribution >= 4 is 34.0 Å². The SMILES string of the molecule is CCc1cc2cc(Cl)c(Cl)cc2cn1. The molecule has 0 aliphatic carbocycles. The summed E-state index contributed by atoms with van der Waals surface area (Å²) in [5.74, 6) is 0. The van der Waals surface area contributed by atoms with Crippen LogP contribution in [0.2, 0.25) is 10.0 Å². The largest absolute Gasteiger partial charge is 0.261 e. The minimum atomic E-state index is 0.574. The first-order chi connectivity index (χ1) is 6.70. The van der Waals surface area contributed by atoms with Gasteiger partial charge in [0.1, 0.15) is 0 Å². The Balaban J connectivity index is 2.70. The molecule has 0 spiro atoms. The summed E-state index contributed by atoms with van der Waals surface area (Å²) < 4.78 is 0. The summed E-state index contributed by atoms with van der Waals surface area (Å²) in [4.78, 5) is 4.29. The molecule has 0 amide bonds. The third kappa shape index (κ3) is 1.70. The minimum absolute atomic E-state index is 0.574. The molecule has 2 rings (SSSR count). The zero-order valence-electron chi connectivity index (χ0n) is 7.72. The van der Waals surface area contributed by atoms with Crippen LogP contribution >= 0.6 is 23.2 Å². The third-order valence-electron chi connectivity index (χ3n) is 2.18. The topological polar surface area (TPSA) is 12.9 Å². The van der Waals surface area contributed by atoms with Crippen LogP contribution in [0.3, 0.4) is 0 Å². The van der Waals surface area contributed by atoms with Gasteiger partial charge in [0.05, 0.1) is 10.0 Å². The van der Waals surface area contributed by atoms with Gasteiger partial charge in [-0.15, -0.1) is 0 Å². The molecule has 0 aliphatic heterocycles. The van der Waals surface area contributed by atoms with Crippen LogP contribution in [0, 0.1) is 0 Å². The summed E-state index contributed by atoms with van der Waals surface area (Å²) in [5, 5.41) is 3.28. The minimum Gasteiger partial charge on any atom is -0.261 e. The van der Waals surface area contributed by atoms with Crippen LogP contribution in [0.5, 0.6) is 0 Å². The Labute approximate surface area is 92.7 Å². The summed E-state index contributed by atoms with van der Waals surface area (Å²) in [6.07, 6.45) is 2.76. The van der Waals surface area contributed by atoms with Crippen molar-refractivity contribution in [1.29, 1.82) is 0 Å². The molecule has 0 N–H and O–H groups in total. The van der Waals surface area contributed by atoms with Gasteiger partial charge in [0.2, 0.25) is 0 Å². The first-order valence-electron chi connectivity index (χ1n) is 4.44. The average molecular weight is 226 g/mol. The molecule has 1 aromatic heterocycles. The Kier molecular flexibility index (Phi) is 2.62. The lowest BCUT2D eigenvalue weighted by Gasteiger charge is -2.02. The van der Waals surface area contributed by atoms with Crippen LogP contribution in [-0.2, 0) is 6.42 Å². The van der Waals surface area contributed by atoms with Crippen LogP contribution in [0.1, 0.15) is 12.6 Å². The maximum Gasteiger partial charge on any atom is 0.0599 e. The highest BCUT2D eigenvalue weighted by molar-refractivity contribution is 6.42. The van der Waals surface area contributed by atoms with Crippen molar-refractivity contribution in [1.82, 2.24) is 4.98 Å². The maximum absolute atomic E-state index is 5.93. The number of hydrogen-bond acceptors (Lipinski definition) is 1. The molecule has 2 aromatic rings. The van der Waals surface area contributed by atoms with Crippen LogP contribution in [-0.4, -0.2) is 4.98 Å². The molecule has 0 unspecified atom stereocenters. The Morgan fingerprint density at radius 1 is 1.07 bits per heavy atom. The first kappa shape index (κ1) is 9.75. The lowest BCUT2D eigenvalue weighted by atomic mass is 10.1. The molecule has 0 bridgehead atoms. The van der Waals surface area contributed by atoms with Gasteiger partial charge in [-0.05, 0) is 30.0 Å². The smallest absolute Gasteiger partial charge is 0.0599 e. The Bertz CT molecular complexity index is 480. The standard InChI is InChI=1S/C11H9Cl2N/c1-2-9-3-7-4-10(12)11(13)5-8(7)6-14-9/h3-6H,2H2,1H3. The normalized spacial score (nSPS) is 10.8. The van der Waals surface area contributed by atoms with Crippen molar-refractivity contribution in [2.75, 3.05) is 0 Å². The fraction of sp³-hybridized carbons (Fsp3) is 0.182. The molecule has 0 radical (unpaired) electrons. The average Bonchev–Trinajstić information content (AvgIpc) is 2.19. The van der Waals surface area contributed by atoms with Gasteiger partial charge < -0.3 is 0 Å². The second-order valence-corrected chi connectivity index (χ2v) is 3.96. The Morgan fingerprint density at radius 2 is 1.71 bits per heavy atom. The molecule has 0 fully saturated rings. The van der Waals surface area contributed by atoms with E-state index in [9.17, 15) is 0 Å². The van der Waals surface area contributed by atoms with Gasteiger partial charge >= 0.3 is 0 Å². The fourth-order valence-corrected chi connectivity index (χ4v) is 1.72. The number of rotatable bonds is 1. The number of aryl methyl sites for hydroxylation is 1. The number of hydrogen-bond donors (Lipinski definition) is 0. The molecule has 3 heteroatoms. The van der Waals surface area contributed by atoms with E-state index in [1.165, 1.54) is 0 Å². The predicted molar refractivity (Wildman–Crippen MR) is 61.1 cm³/mol. The molecule has 72 valence electrons. The number of pyridine rings is 1.